The first-order chi connectivity index (χ1) is 16.5. The zero-order valence-electron chi connectivity index (χ0n) is 19.6. The Labute approximate surface area is 209 Å². The van der Waals surface area contributed by atoms with Gasteiger partial charge in [-0.3, -0.25) is 4.79 Å². The van der Waals surface area contributed by atoms with E-state index in [0.29, 0.717) is 35.7 Å². The molecule has 2 heterocycles. The third-order valence-corrected chi connectivity index (χ3v) is 6.09. The number of nitrogens with zero attached hydrogens (tertiary/aromatic N) is 2. The number of piperidine rings is 1. The van der Waals surface area contributed by atoms with Crippen molar-refractivity contribution < 1.29 is 23.0 Å². The predicted octanol–water partition coefficient (Wildman–Crippen LogP) is 4.03. The first kappa shape index (κ1) is 26.4. The number of benzene rings is 2. The highest BCUT2D eigenvalue weighted by Gasteiger charge is 2.28. The molecule has 2 N–H and O–H groups in total. The molecule has 0 bridgehead atoms. The van der Waals surface area contributed by atoms with Gasteiger partial charge in [-0.2, -0.15) is 5.10 Å². The number of carbonyl (C=O) groups is 1. The van der Waals surface area contributed by atoms with Crippen LogP contribution in [0.15, 0.2) is 42.6 Å². The molecule has 0 aliphatic carbocycles. The minimum Gasteiger partial charge on any atom is -0.497 e. The quantitative estimate of drug-likeness (QED) is 0.482. The average Bonchev–Trinajstić information content (AvgIpc) is 3.29. The number of aromatic nitrogens is 2. The lowest BCUT2D eigenvalue weighted by Crippen LogP contribution is -2.31. The second kappa shape index (κ2) is 12.0. The molecule has 1 aliphatic heterocycles. The van der Waals surface area contributed by atoms with Gasteiger partial charge in [0.05, 0.1) is 31.7 Å². The normalized spacial score (nSPS) is 13.7. The molecule has 0 spiro atoms. The van der Waals surface area contributed by atoms with Crippen LogP contribution in [0.2, 0.25) is 0 Å². The zero-order chi connectivity index (χ0) is 24.1. The van der Waals surface area contributed by atoms with Gasteiger partial charge in [0.15, 0.2) is 5.82 Å². The monoisotopic (exact) mass is 506 g/mol. The fourth-order valence-electron chi connectivity index (χ4n) is 4.33. The molecule has 7 nitrogen and oxygen atoms in total. The Kier molecular flexibility index (Phi) is 9.06. The smallest absolute Gasteiger partial charge is 0.254 e. The molecule has 0 unspecified atom stereocenters. The van der Waals surface area contributed by atoms with Gasteiger partial charge >= 0.3 is 0 Å². The van der Waals surface area contributed by atoms with Crippen molar-refractivity contribution in [3.63, 3.8) is 0 Å². The number of rotatable bonds is 8. The van der Waals surface area contributed by atoms with Crippen molar-refractivity contribution in [2.24, 2.45) is 0 Å². The molecule has 1 amide bonds. The summed E-state index contributed by atoms with van der Waals surface area (Å²) in [6.45, 7) is 1.96. The van der Waals surface area contributed by atoms with Crippen molar-refractivity contribution in [3.05, 3.63) is 71.1 Å². The van der Waals surface area contributed by atoms with Crippen LogP contribution in [0.1, 0.15) is 40.4 Å². The fourth-order valence-corrected chi connectivity index (χ4v) is 4.33. The standard InChI is InChI=1S/C25H28F2N4O3.ClH/c1-33-19-5-3-16(23(14-19)34-2)9-12-29-25(32)20-15-30-31(22-6-4-18(26)13-21(22)27)24(20)17-7-10-28-11-8-17;/h3-6,13-15,17,28H,7-12H2,1-2H3,(H,29,32);1H. The van der Waals surface area contributed by atoms with E-state index in [4.69, 9.17) is 9.47 Å². The van der Waals surface area contributed by atoms with Crippen molar-refractivity contribution in [2.45, 2.75) is 25.2 Å². The topological polar surface area (TPSA) is 77.4 Å². The van der Waals surface area contributed by atoms with E-state index in [0.717, 1.165) is 37.6 Å². The van der Waals surface area contributed by atoms with Gasteiger partial charge in [-0.05, 0) is 56.1 Å². The first-order valence-corrected chi connectivity index (χ1v) is 11.2. The molecule has 0 atom stereocenters. The summed E-state index contributed by atoms with van der Waals surface area (Å²) in [7, 11) is 3.18. The molecule has 2 aromatic carbocycles. The molecule has 0 saturated carbocycles. The van der Waals surface area contributed by atoms with Gasteiger partial charge < -0.3 is 20.1 Å². The Bertz CT molecular complexity index is 1170. The fraction of sp³-hybridized carbons (Fsp3) is 0.360. The summed E-state index contributed by atoms with van der Waals surface area (Å²) in [5, 5.41) is 10.6. The molecule has 1 fully saturated rings. The number of amides is 1. The number of hydrogen-bond donors (Lipinski definition) is 2. The third kappa shape index (κ3) is 5.91. The number of hydrogen-bond acceptors (Lipinski definition) is 5. The number of methoxy groups -OCH3 is 2. The highest BCUT2D eigenvalue weighted by atomic mass is 35.5. The van der Waals surface area contributed by atoms with Crippen molar-refractivity contribution in [1.82, 2.24) is 20.4 Å². The Morgan fingerprint density at radius 1 is 1.14 bits per heavy atom. The van der Waals surface area contributed by atoms with Crippen LogP contribution in [0, 0.1) is 11.6 Å². The van der Waals surface area contributed by atoms with E-state index in [1.807, 2.05) is 12.1 Å². The van der Waals surface area contributed by atoms with Gasteiger partial charge in [-0.1, -0.05) is 6.07 Å². The maximum Gasteiger partial charge on any atom is 0.254 e. The predicted molar refractivity (Wildman–Crippen MR) is 131 cm³/mol. The van der Waals surface area contributed by atoms with Gasteiger partial charge in [0, 0.05) is 24.6 Å². The second-order valence-corrected chi connectivity index (χ2v) is 8.16. The van der Waals surface area contributed by atoms with E-state index in [1.54, 1.807) is 20.3 Å². The van der Waals surface area contributed by atoms with E-state index in [-0.39, 0.29) is 29.9 Å². The van der Waals surface area contributed by atoms with Crippen molar-refractivity contribution in [2.75, 3.05) is 33.9 Å². The molecule has 188 valence electrons. The Hall–Kier alpha value is -3.17. The Balaban J connectivity index is 0.00000342. The summed E-state index contributed by atoms with van der Waals surface area (Å²) in [6.07, 6.45) is 3.60. The minimum absolute atomic E-state index is 0. The summed E-state index contributed by atoms with van der Waals surface area (Å²) in [5.41, 5.74) is 2.10. The van der Waals surface area contributed by atoms with E-state index in [2.05, 4.69) is 15.7 Å². The molecule has 0 radical (unpaired) electrons. The van der Waals surface area contributed by atoms with Gasteiger partial charge in [0.1, 0.15) is 23.0 Å². The minimum atomic E-state index is -0.725. The molecule has 10 heteroatoms. The van der Waals surface area contributed by atoms with Crippen LogP contribution in [-0.4, -0.2) is 49.5 Å². The van der Waals surface area contributed by atoms with Gasteiger partial charge in [-0.15, -0.1) is 12.4 Å². The number of nitrogens with one attached hydrogen (secondary N) is 2. The number of halogens is 3. The maximum absolute atomic E-state index is 14.6. The lowest BCUT2D eigenvalue weighted by atomic mass is 9.91. The number of carbonyl (C=O) groups excluding carboxylic acids is 1. The van der Waals surface area contributed by atoms with E-state index < -0.39 is 11.6 Å². The molecular formula is C25H29ClF2N4O3. The van der Waals surface area contributed by atoms with Crippen molar-refractivity contribution in [3.8, 4) is 17.2 Å². The summed E-state index contributed by atoms with van der Waals surface area (Å²) in [6, 6.07) is 8.91. The maximum atomic E-state index is 14.6. The summed E-state index contributed by atoms with van der Waals surface area (Å²) < 4.78 is 40.1. The van der Waals surface area contributed by atoms with Crippen LogP contribution in [0.5, 0.6) is 11.5 Å². The van der Waals surface area contributed by atoms with Crippen LogP contribution in [0.3, 0.4) is 0 Å². The van der Waals surface area contributed by atoms with Crippen LogP contribution in [-0.2, 0) is 6.42 Å². The van der Waals surface area contributed by atoms with Crippen LogP contribution < -0.4 is 20.1 Å². The lowest BCUT2D eigenvalue weighted by Gasteiger charge is -2.25. The van der Waals surface area contributed by atoms with Crippen molar-refractivity contribution >= 4 is 18.3 Å². The number of ether oxygens (including phenoxy) is 2. The Morgan fingerprint density at radius 2 is 1.91 bits per heavy atom. The lowest BCUT2D eigenvalue weighted by molar-refractivity contribution is 0.0952. The molecule has 3 aromatic rings. The van der Waals surface area contributed by atoms with E-state index >= 15 is 0 Å². The summed E-state index contributed by atoms with van der Waals surface area (Å²) in [4.78, 5) is 13.2. The van der Waals surface area contributed by atoms with E-state index in [1.165, 1.54) is 23.0 Å². The highest BCUT2D eigenvalue weighted by molar-refractivity contribution is 5.95. The van der Waals surface area contributed by atoms with Gasteiger partial charge in [0.25, 0.3) is 5.91 Å². The third-order valence-electron chi connectivity index (χ3n) is 6.09. The molecule has 35 heavy (non-hydrogen) atoms. The summed E-state index contributed by atoms with van der Waals surface area (Å²) in [5.74, 6) is -0.272. The Morgan fingerprint density at radius 3 is 2.60 bits per heavy atom. The molecule has 1 saturated heterocycles. The van der Waals surface area contributed by atoms with Crippen LogP contribution in [0.4, 0.5) is 8.78 Å². The average molecular weight is 507 g/mol. The zero-order valence-corrected chi connectivity index (χ0v) is 20.5. The van der Waals surface area contributed by atoms with Crippen LogP contribution in [0.25, 0.3) is 5.69 Å². The first-order valence-electron chi connectivity index (χ1n) is 11.2. The molecular weight excluding hydrogens is 478 g/mol. The SMILES string of the molecule is COc1ccc(CCNC(=O)c2cnn(-c3ccc(F)cc3F)c2C2CCNCC2)c(OC)c1.Cl. The highest BCUT2D eigenvalue weighted by Crippen LogP contribution is 2.31. The van der Waals surface area contributed by atoms with Gasteiger partial charge in [-0.25, -0.2) is 13.5 Å². The largest absolute Gasteiger partial charge is 0.497 e. The molecule has 1 aliphatic rings. The summed E-state index contributed by atoms with van der Waals surface area (Å²) >= 11 is 0. The molecule has 4 rings (SSSR count). The van der Waals surface area contributed by atoms with Crippen LogP contribution >= 0.6 is 12.4 Å². The van der Waals surface area contributed by atoms with E-state index in [9.17, 15) is 13.6 Å². The van der Waals surface area contributed by atoms with Crippen molar-refractivity contribution in [1.29, 1.82) is 0 Å². The molecule has 1 aromatic heterocycles. The second-order valence-electron chi connectivity index (χ2n) is 8.16. The van der Waals surface area contributed by atoms with Gasteiger partial charge in [0.2, 0.25) is 0 Å².